The number of anilines is 1. The van der Waals surface area contributed by atoms with E-state index in [1.807, 2.05) is 32.0 Å². The molecule has 0 aliphatic heterocycles. The first-order valence-corrected chi connectivity index (χ1v) is 6.65. The molecule has 2 rings (SSSR count). The van der Waals surface area contributed by atoms with Gasteiger partial charge in [-0.2, -0.15) is 0 Å². The Bertz CT molecular complexity index is 557. The molecule has 0 radical (unpaired) electrons. The lowest BCUT2D eigenvalue weighted by Gasteiger charge is -2.22. The van der Waals surface area contributed by atoms with E-state index in [0.717, 1.165) is 29.4 Å². The minimum Gasteiger partial charge on any atom is -0.348 e. The standard InChI is InChI=1S/C14H17ClN4/c1-4-19(9-12-7-5-6-8-16-12)14-13(15)17-10(2)11(3)18-14/h5-8H,4,9H2,1-3H3. The molecule has 0 fully saturated rings. The van der Waals surface area contributed by atoms with E-state index in [9.17, 15) is 0 Å². The Balaban J connectivity index is 2.30. The Hall–Kier alpha value is -1.68. The van der Waals surface area contributed by atoms with Crippen LogP contribution in [0.4, 0.5) is 5.82 Å². The molecule has 0 aliphatic carbocycles. The zero-order chi connectivity index (χ0) is 13.8. The minimum absolute atomic E-state index is 0.445. The summed E-state index contributed by atoms with van der Waals surface area (Å²) < 4.78 is 0. The molecule has 4 nitrogen and oxygen atoms in total. The first-order chi connectivity index (χ1) is 9.11. The van der Waals surface area contributed by atoms with Crippen molar-refractivity contribution >= 4 is 17.4 Å². The lowest BCUT2D eigenvalue weighted by molar-refractivity contribution is 0.784. The van der Waals surface area contributed by atoms with E-state index in [1.54, 1.807) is 6.20 Å². The first-order valence-electron chi connectivity index (χ1n) is 6.27. The van der Waals surface area contributed by atoms with Gasteiger partial charge in [0.25, 0.3) is 0 Å². The Morgan fingerprint density at radius 3 is 2.53 bits per heavy atom. The van der Waals surface area contributed by atoms with E-state index in [4.69, 9.17) is 11.6 Å². The van der Waals surface area contributed by atoms with Crippen LogP contribution in [0.3, 0.4) is 0 Å². The summed E-state index contributed by atoms with van der Waals surface area (Å²) in [7, 11) is 0. The first kappa shape index (κ1) is 13.7. The Morgan fingerprint density at radius 1 is 1.16 bits per heavy atom. The van der Waals surface area contributed by atoms with Gasteiger partial charge in [0.2, 0.25) is 0 Å². The van der Waals surface area contributed by atoms with E-state index in [-0.39, 0.29) is 0 Å². The number of rotatable bonds is 4. The average molecular weight is 277 g/mol. The van der Waals surface area contributed by atoms with E-state index >= 15 is 0 Å². The number of halogens is 1. The summed E-state index contributed by atoms with van der Waals surface area (Å²) in [6.07, 6.45) is 1.79. The highest BCUT2D eigenvalue weighted by Gasteiger charge is 2.14. The average Bonchev–Trinajstić information content (AvgIpc) is 2.42. The van der Waals surface area contributed by atoms with Gasteiger partial charge in [-0.15, -0.1) is 0 Å². The van der Waals surface area contributed by atoms with Gasteiger partial charge in [-0.3, -0.25) is 4.98 Å². The monoisotopic (exact) mass is 276 g/mol. The fraction of sp³-hybridized carbons (Fsp3) is 0.357. The summed E-state index contributed by atoms with van der Waals surface area (Å²) in [5, 5.41) is 0.445. The van der Waals surface area contributed by atoms with Crippen molar-refractivity contribution in [3.8, 4) is 0 Å². The quantitative estimate of drug-likeness (QED) is 0.860. The van der Waals surface area contributed by atoms with Crippen LogP contribution < -0.4 is 4.90 Å². The maximum absolute atomic E-state index is 6.21. The second kappa shape index (κ2) is 5.97. The number of nitrogens with zero attached hydrogens (tertiary/aromatic N) is 4. The zero-order valence-electron chi connectivity index (χ0n) is 11.4. The van der Waals surface area contributed by atoms with Gasteiger partial charge in [0.05, 0.1) is 23.6 Å². The van der Waals surface area contributed by atoms with E-state index in [0.29, 0.717) is 11.7 Å². The second-order valence-corrected chi connectivity index (χ2v) is 4.70. The third kappa shape index (κ3) is 3.20. The summed E-state index contributed by atoms with van der Waals surface area (Å²) in [5.74, 6) is 0.720. The van der Waals surface area contributed by atoms with Crippen LogP contribution in [0.2, 0.25) is 5.15 Å². The molecule has 0 aromatic carbocycles. The molecule has 0 spiro atoms. The summed E-state index contributed by atoms with van der Waals surface area (Å²) in [6, 6.07) is 5.87. The van der Waals surface area contributed by atoms with Crippen molar-refractivity contribution in [2.45, 2.75) is 27.3 Å². The highest BCUT2D eigenvalue weighted by Crippen LogP contribution is 2.23. The van der Waals surface area contributed by atoms with Crippen LogP contribution in [-0.2, 0) is 6.54 Å². The second-order valence-electron chi connectivity index (χ2n) is 4.34. The molecule has 0 aliphatic rings. The molecule has 100 valence electrons. The highest BCUT2D eigenvalue weighted by molar-refractivity contribution is 6.31. The predicted molar refractivity (Wildman–Crippen MR) is 77.5 cm³/mol. The van der Waals surface area contributed by atoms with Gasteiger partial charge < -0.3 is 4.90 Å². The van der Waals surface area contributed by atoms with Gasteiger partial charge in [0.15, 0.2) is 11.0 Å². The zero-order valence-corrected chi connectivity index (χ0v) is 12.1. The molecule has 0 saturated heterocycles. The van der Waals surface area contributed by atoms with Crippen LogP contribution in [0.1, 0.15) is 24.0 Å². The fourth-order valence-electron chi connectivity index (χ4n) is 1.79. The molecular formula is C14H17ClN4. The minimum atomic E-state index is 0.445. The van der Waals surface area contributed by atoms with Gasteiger partial charge in [-0.05, 0) is 32.9 Å². The molecule has 0 saturated carbocycles. The number of hydrogen-bond acceptors (Lipinski definition) is 4. The molecule has 0 amide bonds. The molecule has 2 aromatic heterocycles. The van der Waals surface area contributed by atoms with Gasteiger partial charge in [-0.1, -0.05) is 17.7 Å². The van der Waals surface area contributed by atoms with Crippen molar-refractivity contribution in [3.63, 3.8) is 0 Å². The lowest BCUT2D eigenvalue weighted by Crippen LogP contribution is -2.24. The van der Waals surface area contributed by atoms with E-state index in [2.05, 4.69) is 26.8 Å². The molecule has 19 heavy (non-hydrogen) atoms. The summed E-state index contributed by atoms with van der Waals surface area (Å²) in [5.41, 5.74) is 2.75. The third-order valence-corrected chi connectivity index (χ3v) is 3.26. The molecule has 0 N–H and O–H groups in total. The van der Waals surface area contributed by atoms with Crippen LogP contribution in [0.5, 0.6) is 0 Å². The predicted octanol–water partition coefficient (Wildman–Crippen LogP) is 3.17. The SMILES string of the molecule is CCN(Cc1ccccn1)c1nc(C)c(C)nc1Cl. The molecule has 2 heterocycles. The van der Waals surface area contributed by atoms with Crippen molar-refractivity contribution in [2.24, 2.45) is 0 Å². The maximum Gasteiger partial charge on any atom is 0.171 e. The molecule has 2 aromatic rings. The van der Waals surface area contributed by atoms with Crippen molar-refractivity contribution in [1.29, 1.82) is 0 Å². The molecule has 0 bridgehead atoms. The van der Waals surface area contributed by atoms with Crippen molar-refractivity contribution < 1.29 is 0 Å². The van der Waals surface area contributed by atoms with Crippen molar-refractivity contribution in [3.05, 3.63) is 46.6 Å². The summed E-state index contributed by atoms with van der Waals surface area (Å²) >= 11 is 6.21. The van der Waals surface area contributed by atoms with Gasteiger partial charge in [0.1, 0.15) is 0 Å². The Kier molecular flexibility index (Phi) is 4.32. The lowest BCUT2D eigenvalue weighted by atomic mass is 10.3. The van der Waals surface area contributed by atoms with Gasteiger partial charge >= 0.3 is 0 Å². The topological polar surface area (TPSA) is 41.9 Å². The Morgan fingerprint density at radius 2 is 1.89 bits per heavy atom. The van der Waals surface area contributed by atoms with Crippen LogP contribution in [0.25, 0.3) is 0 Å². The van der Waals surface area contributed by atoms with Gasteiger partial charge in [-0.25, -0.2) is 9.97 Å². The maximum atomic E-state index is 6.21. The molecule has 5 heteroatoms. The smallest absolute Gasteiger partial charge is 0.171 e. The summed E-state index contributed by atoms with van der Waals surface area (Å²) in [6.45, 7) is 7.39. The largest absolute Gasteiger partial charge is 0.348 e. The molecule has 0 unspecified atom stereocenters. The fourth-order valence-corrected chi connectivity index (χ4v) is 2.08. The number of aromatic nitrogens is 3. The van der Waals surface area contributed by atoms with Crippen LogP contribution in [-0.4, -0.2) is 21.5 Å². The third-order valence-electron chi connectivity index (χ3n) is 3.01. The molecule has 0 atom stereocenters. The van der Waals surface area contributed by atoms with E-state index in [1.165, 1.54) is 0 Å². The van der Waals surface area contributed by atoms with Crippen molar-refractivity contribution in [2.75, 3.05) is 11.4 Å². The van der Waals surface area contributed by atoms with Crippen LogP contribution >= 0.6 is 11.6 Å². The highest BCUT2D eigenvalue weighted by atomic mass is 35.5. The number of pyridine rings is 1. The van der Waals surface area contributed by atoms with Crippen LogP contribution in [0.15, 0.2) is 24.4 Å². The van der Waals surface area contributed by atoms with Crippen molar-refractivity contribution in [1.82, 2.24) is 15.0 Å². The van der Waals surface area contributed by atoms with E-state index < -0.39 is 0 Å². The normalized spacial score (nSPS) is 10.5. The summed E-state index contributed by atoms with van der Waals surface area (Å²) in [4.78, 5) is 15.3. The molecular weight excluding hydrogens is 260 g/mol. The number of hydrogen-bond donors (Lipinski definition) is 0. The Labute approximate surface area is 118 Å². The number of aryl methyl sites for hydroxylation is 2. The van der Waals surface area contributed by atoms with Crippen LogP contribution in [0, 0.1) is 13.8 Å². The van der Waals surface area contributed by atoms with Gasteiger partial charge in [0, 0.05) is 12.7 Å².